The molecule has 0 fully saturated rings. The molecule has 0 radical (unpaired) electrons. The highest BCUT2D eigenvalue weighted by Crippen LogP contribution is 2.42. The summed E-state index contributed by atoms with van der Waals surface area (Å²) >= 11 is 0. The van der Waals surface area contributed by atoms with E-state index in [1.54, 1.807) is 0 Å². The number of hydrogen-bond acceptors (Lipinski definition) is 4. The summed E-state index contributed by atoms with van der Waals surface area (Å²) in [4.78, 5) is 4.91. The second kappa shape index (κ2) is 44.9. The Labute approximate surface area is 428 Å². The van der Waals surface area contributed by atoms with Gasteiger partial charge in [0, 0.05) is 17.3 Å². The SMILES string of the molecule is CCCCCCCCCCCCCCCCOc1cc(-c2ccc(-c3ccccc3)nc2)cc(OCCCCCCCCCCCCCCCC)c1OCCCCCCCCCCCCCCCC. The number of benzene rings is 2. The van der Waals surface area contributed by atoms with Crippen LogP contribution in [0.1, 0.15) is 290 Å². The Morgan fingerprint density at radius 3 is 0.899 bits per heavy atom. The minimum atomic E-state index is 0.690. The van der Waals surface area contributed by atoms with Gasteiger partial charge in [0.1, 0.15) is 0 Å². The van der Waals surface area contributed by atoms with Crippen molar-refractivity contribution in [1.29, 1.82) is 0 Å². The number of hydrogen-bond donors (Lipinski definition) is 0. The van der Waals surface area contributed by atoms with Crippen LogP contribution in [0.3, 0.4) is 0 Å². The summed E-state index contributed by atoms with van der Waals surface area (Å²) in [5, 5.41) is 0. The van der Waals surface area contributed by atoms with Gasteiger partial charge in [-0.2, -0.15) is 0 Å². The van der Waals surface area contributed by atoms with Crippen molar-refractivity contribution in [2.45, 2.75) is 290 Å². The van der Waals surface area contributed by atoms with Gasteiger partial charge in [0.05, 0.1) is 25.5 Å². The molecule has 4 nitrogen and oxygen atoms in total. The molecule has 0 bridgehead atoms. The first-order valence-electron chi connectivity index (χ1n) is 30.3. The first kappa shape index (κ1) is 60.3. The van der Waals surface area contributed by atoms with Gasteiger partial charge in [-0.15, -0.1) is 0 Å². The zero-order chi connectivity index (χ0) is 48.8. The maximum Gasteiger partial charge on any atom is 0.203 e. The monoisotopic (exact) mass is 952 g/mol. The molecule has 3 rings (SSSR count). The lowest BCUT2D eigenvalue weighted by molar-refractivity contribution is 0.234. The van der Waals surface area contributed by atoms with Crippen LogP contribution < -0.4 is 14.2 Å². The minimum absolute atomic E-state index is 0.690. The maximum atomic E-state index is 6.73. The molecule has 1 heterocycles. The van der Waals surface area contributed by atoms with E-state index < -0.39 is 0 Å². The zero-order valence-electron chi connectivity index (χ0n) is 45.8. The second-order valence-electron chi connectivity index (χ2n) is 20.9. The van der Waals surface area contributed by atoms with Crippen LogP contribution in [0.15, 0.2) is 60.8 Å². The zero-order valence-corrected chi connectivity index (χ0v) is 45.8. The Hall–Kier alpha value is -3.01. The highest BCUT2D eigenvalue weighted by molar-refractivity contribution is 5.72. The van der Waals surface area contributed by atoms with Crippen LogP contribution in [0.4, 0.5) is 0 Å². The quantitative estimate of drug-likeness (QED) is 0.0529. The summed E-state index contributed by atoms with van der Waals surface area (Å²) in [6.07, 6.45) is 58.8. The number of rotatable bonds is 50. The lowest BCUT2D eigenvalue weighted by atomic mass is 10.0. The maximum absolute atomic E-state index is 6.73. The van der Waals surface area contributed by atoms with Crippen molar-refractivity contribution in [3.05, 3.63) is 60.8 Å². The molecule has 0 aliphatic carbocycles. The van der Waals surface area contributed by atoms with Gasteiger partial charge in [-0.3, -0.25) is 4.98 Å². The highest BCUT2D eigenvalue weighted by Gasteiger charge is 2.18. The van der Waals surface area contributed by atoms with E-state index in [1.165, 1.54) is 250 Å². The molecule has 0 saturated carbocycles. The molecule has 69 heavy (non-hydrogen) atoms. The van der Waals surface area contributed by atoms with Crippen molar-refractivity contribution >= 4 is 0 Å². The third-order valence-electron chi connectivity index (χ3n) is 14.4. The fourth-order valence-electron chi connectivity index (χ4n) is 9.87. The average Bonchev–Trinajstić information content (AvgIpc) is 3.38. The number of nitrogens with zero attached hydrogens (tertiary/aromatic N) is 1. The Bertz CT molecular complexity index is 1480. The van der Waals surface area contributed by atoms with E-state index in [0.717, 1.165) is 58.9 Å². The van der Waals surface area contributed by atoms with Crippen LogP contribution in [0.2, 0.25) is 0 Å². The average molecular weight is 953 g/mol. The van der Waals surface area contributed by atoms with Crippen LogP contribution >= 0.6 is 0 Å². The number of pyridine rings is 1. The van der Waals surface area contributed by atoms with Gasteiger partial charge in [0.25, 0.3) is 0 Å². The Morgan fingerprint density at radius 2 is 0.594 bits per heavy atom. The smallest absolute Gasteiger partial charge is 0.203 e. The molecule has 0 atom stereocenters. The van der Waals surface area contributed by atoms with Gasteiger partial charge in [-0.25, -0.2) is 0 Å². The van der Waals surface area contributed by atoms with Crippen molar-refractivity contribution in [3.63, 3.8) is 0 Å². The van der Waals surface area contributed by atoms with Crippen LogP contribution in [0, 0.1) is 0 Å². The van der Waals surface area contributed by atoms with Crippen LogP contribution in [-0.4, -0.2) is 24.8 Å². The second-order valence-corrected chi connectivity index (χ2v) is 20.9. The lowest BCUT2D eigenvalue weighted by Crippen LogP contribution is -2.07. The van der Waals surface area contributed by atoms with Gasteiger partial charge in [0.2, 0.25) is 5.75 Å². The molecule has 2 aromatic carbocycles. The van der Waals surface area contributed by atoms with Gasteiger partial charge in [-0.05, 0) is 43.0 Å². The highest BCUT2D eigenvalue weighted by atomic mass is 16.5. The third kappa shape index (κ3) is 31.8. The van der Waals surface area contributed by atoms with E-state index in [1.807, 2.05) is 6.20 Å². The first-order chi connectivity index (χ1) is 34.3. The molecule has 0 unspecified atom stereocenters. The molecule has 3 aromatic rings. The Balaban J connectivity index is 1.56. The van der Waals surface area contributed by atoms with Crippen molar-refractivity contribution in [3.8, 4) is 39.6 Å². The largest absolute Gasteiger partial charge is 0.490 e. The van der Waals surface area contributed by atoms with Gasteiger partial charge in [-0.1, -0.05) is 308 Å². The number of ether oxygens (including phenoxy) is 3. The fourth-order valence-corrected chi connectivity index (χ4v) is 9.87. The van der Waals surface area contributed by atoms with E-state index in [9.17, 15) is 0 Å². The summed E-state index contributed by atoms with van der Waals surface area (Å²) in [5.74, 6) is 2.42. The van der Waals surface area contributed by atoms with Crippen molar-refractivity contribution < 1.29 is 14.2 Å². The van der Waals surface area contributed by atoms with Crippen molar-refractivity contribution in [2.75, 3.05) is 19.8 Å². The predicted octanol–water partition coefficient (Wildman–Crippen LogP) is 22.0. The molecule has 0 amide bonds. The van der Waals surface area contributed by atoms with Crippen LogP contribution in [-0.2, 0) is 0 Å². The number of aromatic nitrogens is 1. The summed E-state index contributed by atoms with van der Waals surface area (Å²) in [5.41, 5.74) is 4.25. The standard InChI is InChI=1S/C65H109NO3/c1-4-7-10-13-16-19-22-25-28-31-34-37-40-46-53-67-63-56-61(60-51-52-62(66-58-60)59-49-44-43-45-50-59)57-64(68-54-47-41-38-35-32-29-26-23-20-17-14-11-8-5-2)65(63)69-55-48-42-39-36-33-30-27-24-21-18-15-12-9-6-3/h43-45,49-52,56-58H,4-42,46-48,53-55H2,1-3H3. The minimum Gasteiger partial charge on any atom is -0.490 e. The molecule has 0 aliphatic heterocycles. The van der Waals surface area contributed by atoms with E-state index in [-0.39, 0.29) is 0 Å². The molecule has 4 heteroatoms. The van der Waals surface area contributed by atoms with E-state index in [4.69, 9.17) is 19.2 Å². The third-order valence-corrected chi connectivity index (χ3v) is 14.4. The van der Waals surface area contributed by atoms with E-state index in [2.05, 4.69) is 75.4 Å². The summed E-state index contributed by atoms with van der Waals surface area (Å²) in [6, 6.07) is 19.1. The van der Waals surface area contributed by atoms with Crippen molar-refractivity contribution in [1.82, 2.24) is 4.98 Å². The Kier molecular flexibility index (Phi) is 39.2. The fraction of sp³-hybridized carbons (Fsp3) is 0.738. The predicted molar refractivity (Wildman–Crippen MR) is 303 cm³/mol. The molecular weight excluding hydrogens is 843 g/mol. The molecule has 1 aromatic heterocycles. The molecule has 0 saturated heterocycles. The van der Waals surface area contributed by atoms with E-state index in [0.29, 0.717) is 19.8 Å². The summed E-state index contributed by atoms with van der Waals surface area (Å²) in [7, 11) is 0. The van der Waals surface area contributed by atoms with Crippen LogP contribution in [0.5, 0.6) is 17.2 Å². The van der Waals surface area contributed by atoms with Gasteiger partial charge >= 0.3 is 0 Å². The van der Waals surface area contributed by atoms with Crippen LogP contribution in [0.25, 0.3) is 22.4 Å². The lowest BCUT2D eigenvalue weighted by Gasteiger charge is -2.19. The molecular formula is C65H109NO3. The first-order valence-corrected chi connectivity index (χ1v) is 30.3. The normalized spacial score (nSPS) is 11.4. The molecule has 0 spiro atoms. The molecule has 392 valence electrons. The van der Waals surface area contributed by atoms with Crippen molar-refractivity contribution in [2.24, 2.45) is 0 Å². The topological polar surface area (TPSA) is 40.6 Å². The van der Waals surface area contributed by atoms with Gasteiger partial charge in [0.15, 0.2) is 11.5 Å². The number of unbranched alkanes of at least 4 members (excludes halogenated alkanes) is 39. The van der Waals surface area contributed by atoms with Gasteiger partial charge < -0.3 is 14.2 Å². The summed E-state index contributed by atoms with van der Waals surface area (Å²) in [6.45, 7) is 8.99. The molecule has 0 aliphatic rings. The van der Waals surface area contributed by atoms with E-state index >= 15 is 0 Å². The Morgan fingerprint density at radius 1 is 0.290 bits per heavy atom. The summed E-state index contributed by atoms with van der Waals surface area (Å²) < 4.78 is 20.2. The molecule has 0 N–H and O–H groups in total.